The Hall–Kier alpha value is -1.39. The minimum absolute atomic E-state index is 0.141. The van der Waals surface area contributed by atoms with Gasteiger partial charge in [-0.2, -0.15) is 5.11 Å². The van der Waals surface area contributed by atoms with E-state index in [4.69, 9.17) is 11.5 Å². The predicted octanol–water partition coefficient (Wildman–Crippen LogP) is -0.892. The number of azo groups is 1. The van der Waals surface area contributed by atoms with Crippen molar-refractivity contribution < 1.29 is 4.79 Å². The molecule has 1 amide bonds. The monoisotopic (exact) mass is 126 g/mol. The molecule has 0 saturated heterocycles. The average Bonchev–Trinajstić information content (AvgIpc) is 2.13. The van der Waals surface area contributed by atoms with Crippen LogP contribution in [0.4, 0.5) is 0 Å². The minimum atomic E-state index is -0.544. The summed E-state index contributed by atoms with van der Waals surface area (Å²) in [5.74, 6) is -0.403. The van der Waals surface area contributed by atoms with Crippen molar-refractivity contribution in [2.24, 2.45) is 21.7 Å². The number of rotatable bonds is 1. The lowest BCUT2D eigenvalue weighted by molar-refractivity contribution is -0.114. The van der Waals surface area contributed by atoms with Crippen molar-refractivity contribution in [2.75, 3.05) is 6.54 Å². The summed E-state index contributed by atoms with van der Waals surface area (Å²) in [6.45, 7) is 0.223. The van der Waals surface area contributed by atoms with Gasteiger partial charge in [0.15, 0.2) is 5.82 Å². The molecule has 0 unspecified atom stereocenters. The molecule has 0 aromatic heterocycles. The summed E-state index contributed by atoms with van der Waals surface area (Å²) in [5.41, 5.74) is 10.4. The zero-order valence-electron chi connectivity index (χ0n) is 4.66. The van der Waals surface area contributed by atoms with Crippen LogP contribution in [0.3, 0.4) is 0 Å². The van der Waals surface area contributed by atoms with Crippen LogP contribution in [0.1, 0.15) is 0 Å². The Morgan fingerprint density at radius 2 is 2.33 bits per heavy atom. The third-order valence-electron chi connectivity index (χ3n) is 1.01. The van der Waals surface area contributed by atoms with Crippen molar-refractivity contribution in [3.8, 4) is 0 Å². The zero-order valence-corrected chi connectivity index (χ0v) is 4.66. The fraction of sp³-hybridized carbons (Fsp3) is 0.250. The molecule has 0 radical (unpaired) electrons. The Bertz CT molecular complexity index is 205. The SMILES string of the molecule is NC(=O)C1=C(N)N=NC1. The van der Waals surface area contributed by atoms with Gasteiger partial charge in [-0.3, -0.25) is 4.79 Å². The summed E-state index contributed by atoms with van der Waals surface area (Å²) in [6, 6.07) is 0. The van der Waals surface area contributed by atoms with Crippen molar-refractivity contribution in [3.05, 3.63) is 11.4 Å². The van der Waals surface area contributed by atoms with Crippen LogP contribution in [0, 0.1) is 0 Å². The van der Waals surface area contributed by atoms with Crippen LogP contribution in [-0.4, -0.2) is 12.5 Å². The lowest BCUT2D eigenvalue weighted by Gasteiger charge is -1.90. The fourth-order valence-corrected chi connectivity index (χ4v) is 0.528. The Morgan fingerprint density at radius 1 is 1.67 bits per heavy atom. The van der Waals surface area contributed by atoms with Crippen LogP contribution < -0.4 is 11.5 Å². The summed E-state index contributed by atoms with van der Waals surface area (Å²) in [4.78, 5) is 10.4. The lowest BCUT2D eigenvalue weighted by Crippen LogP contribution is -2.17. The van der Waals surface area contributed by atoms with Crippen LogP contribution >= 0.6 is 0 Å². The van der Waals surface area contributed by atoms with Gasteiger partial charge in [0, 0.05) is 0 Å². The van der Waals surface area contributed by atoms with Gasteiger partial charge in [-0.05, 0) is 0 Å². The van der Waals surface area contributed by atoms with E-state index in [9.17, 15) is 4.79 Å². The van der Waals surface area contributed by atoms with Gasteiger partial charge in [-0.1, -0.05) is 0 Å². The zero-order chi connectivity index (χ0) is 6.85. The number of carbonyl (C=O) groups excluding carboxylic acids is 1. The molecule has 4 N–H and O–H groups in total. The van der Waals surface area contributed by atoms with E-state index in [-0.39, 0.29) is 12.4 Å². The molecule has 0 fully saturated rings. The molecule has 1 aliphatic rings. The first-order valence-corrected chi connectivity index (χ1v) is 2.37. The average molecular weight is 126 g/mol. The molecule has 48 valence electrons. The molecule has 0 aromatic rings. The van der Waals surface area contributed by atoms with Crippen LogP contribution in [-0.2, 0) is 4.79 Å². The van der Waals surface area contributed by atoms with Crippen LogP contribution in [0.5, 0.6) is 0 Å². The summed E-state index contributed by atoms with van der Waals surface area (Å²) in [6.07, 6.45) is 0. The van der Waals surface area contributed by atoms with Gasteiger partial charge in [0.25, 0.3) is 0 Å². The van der Waals surface area contributed by atoms with Crippen molar-refractivity contribution in [1.29, 1.82) is 0 Å². The largest absolute Gasteiger partial charge is 0.382 e. The number of amides is 1. The van der Waals surface area contributed by atoms with Crippen molar-refractivity contribution in [1.82, 2.24) is 0 Å². The topological polar surface area (TPSA) is 93.8 Å². The number of hydrogen-bond acceptors (Lipinski definition) is 4. The number of hydrogen-bond donors (Lipinski definition) is 2. The van der Waals surface area contributed by atoms with Crippen molar-refractivity contribution >= 4 is 5.91 Å². The van der Waals surface area contributed by atoms with Gasteiger partial charge in [-0.25, -0.2) is 0 Å². The van der Waals surface area contributed by atoms with Gasteiger partial charge in [-0.15, -0.1) is 5.11 Å². The number of nitrogens with zero attached hydrogens (tertiary/aromatic N) is 2. The summed E-state index contributed by atoms with van der Waals surface area (Å²) >= 11 is 0. The Balaban J connectivity index is 2.85. The highest BCUT2D eigenvalue weighted by molar-refractivity contribution is 5.93. The number of nitrogens with two attached hydrogens (primary N) is 2. The Morgan fingerprint density at radius 3 is 2.56 bits per heavy atom. The van der Waals surface area contributed by atoms with Crippen LogP contribution in [0.25, 0.3) is 0 Å². The molecular formula is C4H6N4O. The molecule has 0 spiro atoms. The van der Waals surface area contributed by atoms with E-state index in [0.717, 1.165) is 0 Å². The maximum absolute atomic E-state index is 10.4. The van der Waals surface area contributed by atoms with Gasteiger partial charge >= 0.3 is 0 Å². The quantitative estimate of drug-likeness (QED) is 0.476. The first-order valence-electron chi connectivity index (χ1n) is 2.37. The molecule has 1 rings (SSSR count). The molecule has 0 atom stereocenters. The summed E-state index contributed by atoms with van der Waals surface area (Å²) < 4.78 is 0. The van der Waals surface area contributed by atoms with Crippen LogP contribution in [0.2, 0.25) is 0 Å². The van der Waals surface area contributed by atoms with E-state index in [1.807, 2.05) is 0 Å². The molecule has 5 heteroatoms. The second-order valence-electron chi connectivity index (χ2n) is 1.63. The Labute approximate surface area is 51.4 Å². The van der Waals surface area contributed by atoms with Crippen LogP contribution in [0.15, 0.2) is 21.6 Å². The van der Waals surface area contributed by atoms with Gasteiger partial charge in [0.2, 0.25) is 5.91 Å². The Kier molecular flexibility index (Phi) is 1.18. The van der Waals surface area contributed by atoms with E-state index >= 15 is 0 Å². The maximum atomic E-state index is 10.4. The summed E-state index contributed by atoms with van der Waals surface area (Å²) in [5, 5.41) is 6.91. The van der Waals surface area contributed by atoms with E-state index in [1.165, 1.54) is 0 Å². The standard InChI is InChI=1S/C4H6N4O/c5-3-2(4(6)9)1-7-8-3/h1,5H2,(H2,6,9). The predicted molar refractivity (Wildman–Crippen MR) is 30.1 cm³/mol. The smallest absolute Gasteiger partial charge is 0.250 e. The minimum Gasteiger partial charge on any atom is -0.382 e. The van der Waals surface area contributed by atoms with E-state index in [0.29, 0.717) is 5.57 Å². The molecular weight excluding hydrogens is 120 g/mol. The highest BCUT2D eigenvalue weighted by atomic mass is 16.1. The molecule has 0 saturated carbocycles. The second kappa shape index (κ2) is 1.85. The van der Waals surface area contributed by atoms with Crippen molar-refractivity contribution in [2.45, 2.75) is 0 Å². The lowest BCUT2D eigenvalue weighted by atomic mass is 10.3. The van der Waals surface area contributed by atoms with E-state index < -0.39 is 5.91 Å². The number of primary amides is 1. The molecule has 1 aliphatic heterocycles. The van der Waals surface area contributed by atoms with E-state index in [1.54, 1.807) is 0 Å². The highest BCUT2D eigenvalue weighted by Crippen LogP contribution is 2.08. The second-order valence-corrected chi connectivity index (χ2v) is 1.63. The molecule has 1 heterocycles. The molecule has 0 aromatic carbocycles. The van der Waals surface area contributed by atoms with E-state index in [2.05, 4.69) is 10.2 Å². The molecule has 9 heavy (non-hydrogen) atoms. The van der Waals surface area contributed by atoms with Crippen molar-refractivity contribution in [3.63, 3.8) is 0 Å². The molecule has 0 aliphatic carbocycles. The third kappa shape index (κ3) is 0.883. The normalized spacial score (nSPS) is 16.9. The first-order chi connectivity index (χ1) is 4.22. The van der Waals surface area contributed by atoms with Gasteiger partial charge < -0.3 is 11.5 Å². The fourth-order valence-electron chi connectivity index (χ4n) is 0.528. The number of carbonyl (C=O) groups is 1. The maximum Gasteiger partial charge on any atom is 0.250 e. The highest BCUT2D eigenvalue weighted by Gasteiger charge is 2.13. The summed E-state index contributed by atoms with van der Waals surface area (Å²) in [7, 11) is 0. The third-order valence-corrected chi connectivity index (χ3v) is 1.01. The first kappa shape index (κ1) is 5.74. The molecule has 5 nitrogen and oxygen atoms in total. The van der Waals surface area contributed by atoms with Gasteiger partial charge in [0.1, 0.15) is 0 Å². The molecule has 0 bridgehead atoms. The van der Waals surface area contributed by atoms with Gasteiger partial charge in [0.05, 0.1) is 12.1 Å².